The number of para-hydroxylation sites is 1. The molecule has 2 rings (SSSR count). The molecule has 2 aromatic rings. The van der Waals surface area contributed by atoms with Crippen molar-refractivity contribution in [3.05, 3.63) is 65.7 Å². The van der Waals surface area contributed by atoms with Crippen LogP contribution in [0.2, 0.25) is 0 Å². The molecule has 0 aliphatic rings. The minimum absolute atomic E-state index is 0. The monoisotopic (exact) mass is 263 g/mol. The molecule has 96 valence electrons. The van der Waals surface area contributed by atoms with E-state index in [0.717, 1.165) is 18.5 Å². The summed E-state index contributed by atoms with van der Waals surface area (Å²) < 4.78 is 0. The Balaban J connectivity index is 0.00000162. The average Bonchev–Trinajstić information content (AvgIpc) is 2.38. The second-order valence-electron chi connectivity index (χ2n) is 4.04. The quantitative estimate of drug-likeness (QED) is 0.813. The number of nitrogens with one attached hydrogen (secondary N) is 1. The molecule has 0 heterocycles. The molecule has 0 saturated heterocycles. The second-order valence-corrected chi connectivity index (χ2v) is 4.04. The molecular formula is C15H18ClNO. The van der Waals surface area contributed by atoms with Crippen LogP contribution in [0.4, 0.5) is 0 Å². The Hall–Kier alpha value is -1.51. The highest BCUT2D eigenvalue weighted by Crippen LogP contribution is 2.14. The molecule has 0 fully saturated rings. The van der Waals surface area contributed by atoms with Crippen molar-refractivity contribution in [1.82, 2.24) is 5.32 Å². The summed E-state index contributed by atoms with van der Waals surface area (Å²) in [7, 11) is 0. The molecule has 0 aromatic heterocycles. The van der Waals surface area contributed by atoms with Gasteiger partial charge in [0.25, 0.3) is 0 Å². The first-order chi connectivity index (χ1) is 8.36. The van der Waals surface area contributed by atoms with Gasteiger partial charge in [0.05, 0.1) is 0 Å². The van der Waals surface area contributed by atoms with Crippen molar-refractivity contribution in [1.29, 1.82) is 0 Å². The van der Waals surface area contributed by atoms with Gasteiger partial charge in [-0.15, -0.1) is 12.4 Å². The minimum atomic E-state index is 0. The predicted octanol–water partition coefficient (Wildman–Crippen LogP) is 3.15. The van der Waals surface area contributed by atoms with E-state index in [2.05, 4.69) is 29.6 Å². The van der Waals surface area contributed by atoms with Crippen LogP contribution in [-0.4, -0.2) is 11.7 Å². The average molecular weight is 264 g/mol. The Labute approximate surface area is 114 Å². The Morgan fingerprint density at radius 1 is 0.889 bits per heavy atom. The summed E-state index contributed by atoms with van der Waals surface area (Å²) >= 11 is 0. The van der Waals surface area contributed by atoms with Gasteiger partial charge in [0.1, 0.15) is 5.75 Å². The molecule has 0 aliphatic carbocycles. The Morgan fingerprint density at radius 2 is 1.56 bits per heavy atom. The van der Waals surface area contributed by atoms with Gasteiger partial charge in [-0.05, 0) is 24.6 Å². The third kappa shape index (κ3) is 4.40. The molecule has 0 atom stereocenters. The smallest absolute Gasteiger partial charge is 0.120 e. The second kappa shape index (κ2) is 7.75. The van der Waals surface area contributed by atoms with Crippen LogP contribution in [0.15, 0.2) is 54.6 Å². The number of phenolic OH excluding ortho intramolecular Hbond substituents is 1. The van der Waals surface area contributed by atoms with Gasteiger partial charge < -0.3 is 10.4 Å². The fourth-order valence-corrected chi connectivity index (χ4v) is 1.76. The normalized spacial score (nSPS) is 9.78. The Kier molecular flexibility index (Phi) is 6.26. The summed E-state index contributed by atoms with van der Waals surface area (Å²) in [6.07, 6.45) is 1.01. The lowest BCUT2D eigenvalue weighted by atomic mass is 10.1. The van der Waals surface area contributed by atoms with Crippen LogP contribution in [0.3, 0.4) is 0 Å². The van der Waals surface area contributed by atoms with E-state index < -0.39 is 0 Å². The van der Waals surface area contributed by atoms with Gasteiger partial charge in [0.15, 0.2) is 0 Å². The summed E-state index contributed by atoms with van der Waals surface area (Å²) in [6.45, 7) is 1.62. The third-order valence-electron chi connectivity index (χ3n) is 2.74. The Bertz CT molecular complexity index is 459. The van der Waals surface area contributed by atoms with Crippen LogP contribution in [0, 0.1) is 0 Å². The zero-order valence-electron chi connectivity index (χ0n) is 10.2. The minimum Gasteiger partial charge on any atom is -0.508 e. The zero-order valence-corrected chi connectivity index (χ0v) is 11.0. The first-order valence-electron chi connectivity index (χ1n) is 5.88. The van der Waals surface area contributed by atoms with Gasteiger partial charge in [-0.1, -0.05) is 48.5 Å². The maximum absolute atomic E-state index is 9.59. The van der Waals surface area contributed by atoms with Crippen molar-refractivity contribution in [2.45, 2.75) is 13.0 Å². The van der Waals surface area contributed by atoms with E-state index in [1.807, 2.05) is 24.3 Å². The van der Waals surface area contributed by atoms with E-state index in [0.29, 0.717) is 12.3 Å². The molecule has 0 unspecified atom stereocenters. The molecule has 0 bridgehead atoms. The molecule has 0 amide bonds. The highest BCUT2D eigenvalue weighted by atomic mass is 35.5. The molecule has 18 heavy (non-hydrogen) atoms. The number of benzene rings is 2. The summed E-state index contributed by atoms with van der Waals surface area (Å²) in [5, 5.41) is 12.9. The zero-order chi connectivity index (χ0) is 11.9. The fourth-order valence-electron chi connectivity index (χ4n) is 1.76. The molecule has 2 aromatic carbocycles. The van der Waals surface area contributed by atoms with E-state index in [9.17, 15) is 5.11 Å². The van der Waals surface area contributed by atoms with Crippen molar-refractivity contribution in [3.63, 3.8) is 0 Å². The van der Waals surface area contributed by atoms with E-state index in [-0.39, 0.29) is 12.4 Å². The van der Waals surface area contributed by atoms with Gasteiger partial charge in [-0.2, -0.15) is 0 Å². The number of aromatic hydroxyl groups is 1. The first kappa shape index (κ1) is 14.6. The number of rotatable bonds is 5. The fraction of sp³-hybridized carbons (Fsp3) is 0.200. The number of phenols is 1. The molecular weight excluding hydrogens is 246 g/mol. The van der Waals surface area contributed by atoms with Crippen LogP contribution in [0.5, 0.6) is 5.75 Å². The highest BCUT2D eigenvalue weighted by Gasteiger charge is 1.98. The van der Waals surface area contributed by atoms with Crippen LogP contribution in [0.1, 0.15) is 11.1 Å². The van der Waals surface area contributed by atoms with Crippen LogP contribution in [-0.2, 0) is 13.0 Å². The van der Waals surface area contributed by atoms with Crippen LogP contribution >= 0.6 is 12.4 Å². The third-order valence-corrected chi connectivity index (χ3v) is 2.74. The van der Waals surface area contributed by atoms with Crippen molar-refractivity contribution in [2.24, 2.45) is 0 Å². The van der Waals surface area contributed by atoms with E-state index >= 15 is 0 Å². The molecule has 0 saturated carbocycles. The van der Waals surface area contributed by atoms with Gasteiger partial charge in [-0.3, -0.25) is 0 Å². The molecule has 0 spiro atoms. The summed E-state index contributed by atoms with van der Waals surface area (Å²) in [4.78, 5) is 0. The van der Waals surface area contributed by atoms with E-state index in [4.69, 9.17) is 0 Å². The maximum Gasteiger partial charge on any atom is 0.120 e. The summed E-state index contributed by atoms with van der Waals surface area (Å²) in [6, 6.07) is 17.8. The van der Waals surface area contributed by atoms with Crippen molar-refractivity contribution in [2.75, 3.05) is 6.54 Å². The first-order valence-corrected chi connectivity index (χ1v) is 5.88. The standard InChI is InChI=1S/C15H17NO.ClH/c17-15-9-5-4-8-14(15)12-16-11-10-13-6-2-1-3-7-13;/h1-9,16-17H,10-12H2;1H. The molecule has 0 aliphatic heterocycles. The van der Waals surface area contributed by atoms with Crippen molar-refractivity contribution < 1.29 is 5.11 Å². The van der Waals surface area contributed by atoms with Gasteiger partial charge in [0, 0.05) is 12.1 Å². The summed E-state index contributed by atoms with van der Waals surface area (Å²) in [5.74, 6) is 0.361. The number of hydrogen-bond acceptors (Lipinski definition) is 2. The van der Waals surface area contributed by atoms with Crippen LogP contribution in [0.25, 0.3) is 0 Å². The molecule has 2 N–H and O–H groups in total. The lowest BCUT2D eigenvalue weighted by molar-refractivity contribution is 0.464. The van der Waals surface area contributed by atoms with Crippen molar-refractivity contribution >= 4 is 12.4 Å². The Morgan fingerprint density at radius 3 is 2.28 bits per heavy atom. The number of hydrogen-bond donors (Lipinski definition) is 2. The molecule has 2 nitrogen and oxygen atoms in total. The van der Waals surface area contributed by atoms with E-state index in [1.54, 1.807) is 6.07 Å². The van der Waals surface area contributed by atoms with Gasteiger partial charge >= 0.3 is 0 Å². The van der Waals surface area contributed by atoms with Crippen molar-refractivity contribution in [3.8, 4) is 5.75 Å². The van der Waals surface area contributed by atoms with E-state index in [1.165, 1.54) is 5.56 Å². The highest BCUT2D eigenvalue weighted by molar-refractivity contribution is 5.85. The SMILES string of the molecule is Cl.Oc1ccccc1CNCCc1ccccc1. The topological polar surface area (TPSA) is 32.3 Å². The molecule has 0 radical (unpaired) electrons. The number of halogens is 1. The van der Waals surface area contributed by atoms with Crippen LogP contribution < -0.4 is 5.32 Å². The molecule has 3 heteroatoms. The maximum atomic E-state index is 9.59. The largest absolute Gasteiger partial charge is 0.508 e. The summed E-state index contributed by atoms with van der Waals surface area (Å²) in [5.41, 5.74) is 2.28. The lowest BCUT2D eigenvalue weighted by Crippen LogP contribution is -2.16. The predicted molar refractivity (Wildman–Crippen MR) is 77.2 cm³/mol. The van der Waals surface area contributed by atoms with Gasteiger partial charge in [-0.25, -0.2) is 0 Å². The lowest BCUT2D eigenvalue weighted by Gasteiger charge is -2.06. The van der Waals surface area contributed by atoms with Gasteiger partial charge in [0.2, 0.25) is 0 Å².